The van der Waals surface area contributed by atoms with Gasteiger partial charge in [0.15, 0.2) is 0 Å². The van der Waals surface area contributed by atoms with E-state index in [2.05, 4.69) is 21.6 Å². The number of aromatic nitrogens is 2. The number of anilines is 1. The highest BCUT2D eigenvalue weighted by molar-refractivity contribution is 7.09. The first kappa shape index (κ1) is 12.6. The summed E-state index contributed by atoms with van der Waals surface area (Å²) in [4.78, 5) is 3.47. The lowest BCUT2D eigenvalue weighted by molar-refractivity contribution is -0.144. The monoisotopic (exact) mass is 265 g/mol. The molecule has 2 rings (SSSR count). The average molecular weight is 265 g/mol. The van der Waals surface area contributed by atoms with Gasteiger partial charge in [-0.15, -0.1) is 0 Å². The first-order valence-corrected chi connectivity index (χ1v) is 6.40. The van der Waals surface area contributed by atoms with Crippen LogP contribution in [0.1, 0.15) is 38.4 Å². The Morgan fingerprint density at radius 2 is 1.88 bits per heavy atom. The van der Waals surface area contributed by atoms with E-state index >= 15 is 0 Å². The Morgan fingerprint density at radius 1 is 1.24 bits per heavy atom. The molecule has 3 nitrogen and oxygen atoms in total. The summed E-state index contributed by atoms with van der Waals surface area (Å²) in [6.07, 6.45) is -0.243. The first-order valence-electron chi connectivity index (χ1n) is 5.62. The maximum absolute atomic E-state index is 12.3. The molecule has 1 aromatic rings. The van der Waals surface area contributed by atoms with E-state index in [1.807, 2.05) is 0 Å². The number of rotatable bonds is 2. The molecular weight excluding hydrogens is 251 g/mol. The van der Waals surface area contributed by atoms with Crippen LogP contribution in [-0.2, 0) is 6.18 Å². The molecule has 1 heterocycles. The summed E-state index contributed by atoms with van der Waals surface area (Å²) in [5.74, 6) is -0.331. The second-order valence-electron chi connectivity index (χ2n) is 4.52. The lowest BCUT2D eigenvalue weighted by Crippen LogP contribution is -2.25. The zero-order chi connectivity index (χ0) is 12.5. The summed E-state index contributed by atoms with van der Waals surface area (Å²) in [6, 6.07) is 0.236. The van der Waals surface area contributed by atoms with E-state index in [4.69, 9.17) is 0 Å². The lowest BCUT2D eigenvalue weighted by Gasteiger charge is -2.26. The van der Waals surface area contributed by atoms with Crippen molar-refractivity contribution in [1.29, 1.82) is 0 Å². The second-order valence-corrected chi connectivity index (χ2v) is 5.27. The van der Waals surface area contributed by atoms with Gasteiger partial charge in [0.2, 0.25) is 11.0 Å². The van der Waals surface area contributed by atoms with E-state index in [9.17, 15) is 13.2 Å². The molecule has 0 atom stereocenters. The summed E-state index contributed by atoms with van der Waals surface area (Å²) < 4.78 is 40.2. The van der Waals surface area contributed by atoms with Crippen LogP contribution in [0.3, 0.4) is 0 Å². The largest absolute Gasteiger partial charge is 0.452 e. The normalized spacial score (nSPS) is 25.9. The Labute approximate surface area is 102 Å². The Hall–Kier alpha value is -0.850. The highest BCUT2D eigenvalue weighted by Crippen LogP contribution is 2.31. The third-order valence-electron chi connectivity index (χ3n) is 3.02. The van der Waals surface area contributed by atoms with Crippen molar-refractivity contribution in [2.75, 3.05) is 5.32 Å². The molecule has 0 amide bonds. The second kappa shape index (κ2) is 4.80. The van der Waals surface area contributed by atoms with Crippen molar-refractivity contribution >= 4 is 16.7 Å². The molecule has 0 saturated heterocycles. The van der Waals surface area contributed by atoms with E-state index in [-0.39, 0.29) is 11.2 Å². The van der Waals surface area contributed by atoms with Crippen molar-refractivity contribution in [1.82, 2.24) is 9.36 Å². The van der Waals surface area contributed by atoms with E-state index in [1.165, 1.54) is 0 Å². The van der Waals surface area contributed by atoms with Crippen LogP contribution in [0.4, 0.5) is 18.3 Å². The summed E-state index contributed by atoms with van der Waals surface area (Å²) in [5, 5.41) is 3.31. The predicted molar refractivity (Wildman–Crippen MR) is 60.0 cm³/mol. The van der Waals surface area contributed by atoms with E-state index in [0.29, 0.717) is 5.92 Å². The van der Waals surface area contributed by atoms with E-state index in [1.54, 1.807) is 0 Å². The minimum atomic E-state index is -4.45. The van der Waals surface area contributed by atoms with Crippen LogP contribution >= 0.6 is 11.5 Å². The van der Waals surface area contributed by atoms with Gasteiger partial charge in [-0.25, -0.2) is 0 Å². The zero-order valence-electron chi connectivity index (χ0n) is 9.42. The fourth-order valence-electron chi connectivity index (χ4n) is 1.98. The van der Waals surface area contributed by atoms with Gasteiger partial charge in [0.05, 0.1) is 0 Å². The predicted octanol–water partition coefficient (Wildman–Crippen LogP) is 3.55. The minimum absolute atomic E-state index is 0.236. The summed E-state index contributed by atoms with van der Waals surface area (Å²) >= 11 is 0.779. The molecule has 0 unspecified atom stereocenters. The van der Waals surface area contributed by atoms with Crippen LogP contribution in [0.2, 0.25) is 0 Å². The topological polar surface area (TPSA) is 37.8 Å². The van der Waals surface area contributed by atoms with Crippen LogP contribution in [0.15, 0.2) is 0 Å². The molecule has 1 fully saturated rings. The van der Waals surface area contributed by atoms with E-state index in [0.717, 1.165) is 37.2 Å². The summed E-state index contributed by atoms with van der Waals surface area (Å²) in [7, 11) is 0. The lowest BCUT2D eigenvalue weighted by atomic mass is 9.87. The van der Waals surface area contributed by atoms with Gasteiger partial charge < -0.3 is 5.32 Å². The molecular formula is C10H14F3N3S. The zero-order valence-corrected chi connectivity index (χ0v) is 10.2. The molecule has 96 valence electrons. The first-order chi connectivity index (χ1) is 7.95. The molecule has 0 aromatic carbocycles. The molecule has 0 radical (unpaired) electrons. The molecule has 1 aliphatic carbocycles. The number of alkyl halides is 3. The summed E-state index contributed by atoms with van der Waals surface area (Å²) in [5.41, 5.74) is 0. The van der Waals surface area contributed by atoms with Gasteiger partial charge in [-0.1, -0.05) is 6.92 Å². The van der Waals surface area contributed by atoms with Gasteiger partial charge in [0.1, 0.15) is 0 Å². The Kier molecular flexibility index (Phi) is 3.56. The van der Waals surface area contributed by atoms with Crippen LogP contribution < -0.4 is 5.32 Å². The fourth-order valence-corrected chi connectivity index (χ4v) is 2.64. The Balaban J connectivity index is 1.93. The van der Waals surface area contributed by atoms with Crippen molar-refractivity contribution in [3.05, 3.63) is 5.82 Å². The van der Waals surface area contributed by atoms with Crippen LogP contribution in [0.25, 0.3) is 0 Å². The van der Waals surface area contributed by atoms with Gasteiger partial charge in [0.25, 0.3) is 0 Å². The van der Waals surface area contributed by atoms with Gasteiger partial charge >= 0.3 is 6.18 Å². The fraction of sp³-hybridized carbons (Fsp3) is 0.800. The van der Waals surface area contributed by atoms with Gasteiger partial charge in [0, 0.05) is 17.6 Å². The van der Waals surface area contributed by atoms with Crippen LogP contribution in [0.5, 0.6) is 0 Å². The van der Waals surface area contributed by atoms with Crippen molar-refractivity contribution in [3.8, 4) is 0 Å². The average Bonchev–Trinajstić information content (AvgIpc) is 2.69. The maximum atomic E-state index is 12.3. The molecule has 1 saturated carbocycles. The Bertz CT molecular complexity index is 369. The highest BCUT2D eigenvalue weighted by atomic mass is 32.1. The molecule has 0 bridgehead atoms. The van der Waals surface area contributed by atoms with E-state index < -0.39 is 12.0 Å². The maximum Gasteiger partial charge on any atom is 0.452 e. The SMILES string of the molecule is CC1CCC(Nc2nc(C(F)(F)F)ns2)CC1. The Morgan fingerprint density at radius 3 is 2.41 bits per heavy atom. The standard InChI is InChI=1S/C10H14F3N3S/c1-6-2-4-7(5-3-6)14-9-15-8(16-17-9)10(11,12)13/h6-7H,2-5H2,1H3,(H,14,15,16). The van der Waals surface area contributed by atoms with Gasteiger partial charge in [-0.2, -0.15) is 22.5 Å². The third-order valence-corrected chi connectivity index (χ3v) is 3.67. The summed E-state index contributed by atoms with van der Waals surface area (Å²) in [6.45, 7) is 2.20. The van der Waals surface area contributed by atoms with Crippen LogP contribution in [0, 0.1) is 5.92 Å². The van der Waals surface area contributed by atoms with Gasteiger partial charge in [-0.3, -0.25) is 0 Å². The molecule has 0 spiro atoms. The number of nitrogens with zero attached hydrogens (tertiary/aromatic N) is 2. The van der Waals surface area contributed by atoms with Gasteiger partial charge in [-0.05, 0) is 31.6 Å². The van der Waals surface area contributed by atoms with Crippen LogP contribution in [-0.4, -0.2) is 15.4 Å². The molecule has 17 heavy (non-hydrogen) atoms. The molecule has 1 aliphatic rings. The van der Waals surface area contributed by atoms with Crippen molar-refractivity contribution in [2.45, 2.75) is 44.8 Å². The smallest absolute Gasteiger partial charge is 0.358 e. The molecule has 7 heteroatoms. The number of hydrogen-bond donors (Lipinski definition) is 1. The third kappa shape index (κ3) is 3.31. The molecule has 1 N–H and O–H groups in total. The minimum Gasteiger partial charge on any atom is -0.358 e. The number of hydrogen-bond acceptors (Lipinski definition) is 4. The number of halogens is 3. The number of nitrogens with one attached hydrogen (secondary N) is 1. The van der Waals surface area contributed by atoms with Crippen molar-refractivity contribution < 1.29 is 13.2 Å². The quantitative estimate of drug-likeness (QED) is 0.888. The highest BCUT2D eigenvalue weighted by Gasteiger charge is 2.36. The molecule has 1 aromatic heterocycles. The van der Waals surface area contributed by atoms with Crippen molar-refractivity contribution in [2.24, 2.45) is 5.92 Å². The molecule has 0 aliphatic heterocycles. The van der Waals surface area contributed by atoms with Crippen molar-refractivity contribution in [3.63, 3.8) is 0 Å².